The second-order valence-electron chi connectivity index (χ2n) is 9.46. The number of allylic oxidation sites excluding steroid dienone is 3. The Hall–Kier alpha value is -3.29. The zero-order chi connectivity index (χ0) is 25.3. The first kappa shape index (κ1) is 24.8. The van der Waals surface area contributed by atoms with Gasteiger partial charge in [-0.1, -0.05) is 6.92 Å². The Morgan fingerprint density at radius 3 is 2.40 bits per heavy atom. The van der Waals surface area contributed by atoms with Gasteiger partial charge >= 0.3 is 11.9 Å². The molecule has 0 radical (unpaired) electrons. The lowest BCUT2D eigenvalue weighted by atomic mass is 9.69. The highest BCUT2D eigenvalue weighted by molar-refractivity contribution is 6.12. The van der Waals surface area contributed by atoms with Gasteiger partial charge in [-0.3, -0.25) is 9.59 Å². The molecule has 0 unspecified atom stereocenters. The van der Waals surface area contributed by atoms with Crippen molar-refractivity contribution in [2.24, 2.45) is 11.8 Å². The third-order valence-corrected chi connectivity index (χ3v) is 7.29. The number of rotatable bonds is 6. The Labute approximate surface area is 205 Å². The van der Waals surface area contributed by atoms with E-state index in [9.17, 15) is 14.4 Å². The fourth-order valence-electron chi connectivity index (χ4n) is 5.55. The monoisotopic (exact) mass is 483 g/mol. The first-order valence-corrected chi connectivity index (χ1v) is 12.1. The Kier molecular flexibility index (Phi) is 7.19. The van der Waals surface area contributed by atoms with Crippen LogP contribution >= 0.6 is 0 Å². The summed E-state index contributed by atoms with van der Waals surface area (Å²) in [6.45, 7) is 3.67. The highest BCUT2D eigenvalue weighted by atomic mass is 16.5. The Bertz CT molecular complexity index is 1100. The summed E-state index contributed by atoms with van der Waals surface area (Å²) in [4.78, 5) is 40.1. The molecule has 1 aromatic carbocycles. The number of carbonyl (C=O) groups is 3. The van der Waals surface area contributed by atoms with Crippen molar-refractivity contribution in [3.8, 4) is 11.5 Å². The quantitative estimate of drug-likeness (QED) is 0.482. The summed E-state index contributed by atoms with van der Waals surface area (Å²) in [5.41, 5.74) is 2.64. The number of benzene rings is 1. The zero-order valence-corrected chi connectivity index (χ0v) is 20.9. The van der Waals surface area contributed by atoms with E-state index in [1.165, 1.54) is 14.2 Å². The van der Waals surface area contributed by atoms with Gasteiger partial charge in [-0.05, 0) is 63.1 Å². The smallest absolute Gasteiger partial charge is 0.337 e. The number of nitrogens with one attached hydrogen (secondary N) is 1. The van der Waals surface area contributed by atoms with Crippen molar-refractivity contribution in [3.63, 3.8) is 0 Å². The van der Waals surface area contributed by atoms with Crippen LogP contribution in [0.25, 0.3) is 0 Å². The number of ether oxygens (including phenoxy) is 4. The van der Waals surface area contributed by atoms with Crippen LogP contribution < -0.4 is 14.8 Å². The molecule has 0 bridgehead atoms. The van der Waals surface area contributed by atoms with Crippen LogP contribution in [0.5, 0.6) is 11.5 Å². The molecule has 35 heavy (non-hydrogen) atoms. The molecule has 3 aliphatic rings. The Balaban J connectivity index is 1.88. The number of hydrogen-bond acceptors (Lipinski definition) is 8. The van der Waals surface area contributed by atoms with Gasteiger partial charge in [0, 0.05) is 22.5 Å². The maximum Gasteiger partial charge on any atom is 0.337 e. The fraction of sp³-hybridized carbons (Fsp3) is 0.519. The van der Waals surface area contributed by atoms with E-state index in [-0.39, 0.29) is 17.8 Å². The molecule has 8 nitrogen and oxygen atoms in total. The van der Waals surface area contributed by atoms with Crippen LogP contribution in [0.4, 0.5) is 0 Å². The number of methoxy groups -OCH3 is 3. The minimum absolute atomic E-state index is 0.143. The van der Waals surface area contributed by atoms with Crippen molar-refractivity contribution in [1.82, 2.24) is 5.32 Å². The highest BCUT2D eigenvalue weighted by Crippen LogP contribution is 2.48. The van der Waals surface area contributed by atoms with Crippen LogP contribution in [-0.2, 0) is 23.9 Å². The lowest BCUT2D eigenvalue weighted by Crippen LogP contribution is -2.43. The molecule has 0 aromatic heterocycles. The third kappa shape index (κ3) is 4.54. The zero-order valence-electron chi connectivity index (χ0n) is 20.9. The van der Waals surface area contributed by atoms with Gasteiger partial charge in [0.2, 0.25) is 0 Å². The molecular weight excluding hydrogens is 450 g/mol. The van der Waals surface area contributed by atoms with Crippen molar-refractivity contribution >= 4 is 17.7 Å². The predicted molar refractivity (Wildman–Crippen MR) is 128 cm³/mol. The second kappa shape index (κ2) is 10.1. The molecule has 1 fully saturated rings. The first-order valence-electron chi connectivity index (χ1n) is 12.1. The van der Waals surface area contributed by atoms with E-state index < -0.39 is 23.8 Å². The highest BCUT2D eigenvalue weighted by Gasteiger charge is 2.48. The van der Waals surface area contributed by atoms with E-state index in [2.05, 4.69) is 5.32 Å². The molecular formula is C27H33NO7. The van der Waals surface area contributed by atoms with E-state index >= 15 is 0 Å². The summed E-state index contributed by atoms with van der Waals surface area (Å²) in [7, 11) is 4.37. The summed E-state index contributed by atoms with van der Waals surface area (Å²) in [6.07, 6.45) is 4.02. The van der Waals surface area contributed by atoms with Gasteiger partial charge in [0.1, 0.15) is 23.5 Å². The first-order chi connectivity index (χ1) is 16.8. The molecule has 1 aliphatic heterocycles. The topological polar surface area (TPSA) is 100 Å². The number of dihydropyridines is 1. The standard InChI is InChI=1S/C27H33NO7/c1-14-12-19-24(25(29)21(14)26(30)34-5)23(18-13-17(32-3)10-11-20(18)33-4)22(15(2)28-19)27(31)35-16-8-6-7-9-16/h10-11,13-14,16,21,23,28H,6-9,12H2,1-5H3/t14-,21+,23+/m0/s1. The van der Waals surface area contributed by atoms with Crippen molar-refractivity contribution in [2.45, 2.75) is 58.0 Å². The Morgan fingerprint density at radius 2 is 1.77 bits per heavy atom. The second-order valence-corrected chi connectivity index (χ2v) is 9.46. The van der Waals surface area contributed by atoms with Gasteiger partial charge in [0.05, 0.1) is 32.8 Å². The summed E-state index contributed by atoms with van der Waals surface area (Å²) in [5.74, 6) is -2.33. The maximum atomic E-state index is 13.9. The molecule has 188 valence electrons. The molecule has 1 heterocycles. The van der Waals surface area contributed by atoms with Gasteiger partial charge < -0.3 is 24.3 Å². The molecule has 3 atom stereocenters. The average molecular weight is 484 g/mol. The van der Waals surface area contributed by atoms with E-state index in [1.807, 2.05) is 13.8 Å². The van der Waals surface area contributed by atoms with Crippen molar-refractivity contribution in [3.05, 3.63) is 46.3 Å². The van der Waals surface area contributed by atoms with Crippen LogP contribution in [0.15, 0.2) is 40.7 Å². The molecule has 2 aliphatic carbocycles. The molecule has 4 rings (SSSR count). The molecule has 0 amide bonds. The average Bonchev–Trinajstić information content (AvgIpc) is 3.35. The van der Waals surface area contributed by atoms with Crippen molar-refractivity contribution < 1.29 is 33.3 Å². The minimum Gasteiger partial charge on any atom is -0.497 e. The van der Waals surface area contributed by atoms with Gasteiger partial charge in [-0.25, -0.2) is 4.79 Å². The predicted octanol–water partition coefficient (Wildman–Crippen LogP) is 3.80. The molecule has 0 spiro atoms. The normalized spacial score (nSPS) is 24.6. The summed E-state index contributed by atoms with van der Waals surface area (Å²) in [6, 6.07) is 5.28. The molecule has 1 aromatic rings. The summed E-state index contributed by atoms with van der Waals surface area (Å²) in [5, 5.41) is 3.29. The molecule has 8 heteroatoms. The summed E-state index contributed by atoms with van der Waals surface area (Å²) < 4.78 is 22.0. The summed E-state index contributed by atoms with van der Waals surface area (Å²) >= 11 is 0. The Morgan fingerprint density at radius 1 is 1.06 bits per heavy atom. The number of carbonyl (C=O) groups excluding carboxylic acids is 3. The van der Waals surface area contributed by atoms with Gasteiger partial charge in [0.25, 0.3) is 0 Å². The fourth-order valence-corrected chi connectivity index (χ4v) is 5.55. The maximum absolute atomic E-state index is 13.9. The van der Waals surface area contributed by atoms with Gasteiger partial charge in [0.15, 0.2) is 5.78 Å². The van der Waals surface area contributed by atoms with E-state index in [4.69, 9.17) is 18.9 Å². The van der Waals surface area contributed by atoms with Gasteiger partial charge in [-0.15, -0.1) is 0 Å². The van der Waals surface area contributed by atoms with Crippen LogP contribution in [0.1, 0.15) is 57.4 Å². The number of Topliss-reactive ketones (excluding diaryl/α,β-unsaturated/α-hetero) is 1. The number of esters is 2. The number of ketones is 1. The SMILES string of the molecule is COC(=O)[C@H]1C(=O)C2=C(C[C@@H]1C)NC(C)=C(C(=O)OC1CCCC1)[C@H]2c1cc(OC)ccc1OC. The van der Waals surface area contributed by atoms with Crippen LogP contribution in [-0.4, -0.2) is 45.2 Å². The van der Waals surface area contributed by atoms with E-state index in [0.717, 1.165) is 25.7 Å². The molecule has 1 N–H and O–H groups in total. The minimum atomic E-state index is -0.954. The van der Waals surface area contributed by atoms with Gasteiger partial charge in [-0.2, -0.15) is 0 Å². The van der Waals surface area contributed by atoms with Crippen molar-refractivity contribution in [2.75, 3.05) is 21.3 Å². The number of hydrogen-bond donors (Lipinski definition) is 1. The molecule has 1 saturated carbocycles. The van der Waals surface area contributed by atoms with E-state index in [0.29, 0.717) is 46.0 Å². The van der Waals surface area contributed by atoms with Crippen molar-refractivity contribution in [1.29, 1.82) is 0 Å². The van der Waals surface area contributed by atoms with Crippen LogP contribution in [0, 0.1) is 11.8 Å². The van der Waals surface area contributed by atoms with Crippen LogP contribution in [0.3, 0.4) is 0 Å². The van der Waals surface area contributed by atoms with Crippen LogP contribution in [0.2, 0.25) is 0 Å². The lowest BCUT2D eigenvalue weighted by molar-refractivity contribution is -0.151. The molecule has 0 saturated heterocycles. The lowest BCUT2D eigenvalue weighted by Gasteiger charge is -2.38. The third-order valence-electron chi connectivity index (χ3n) is 7.29. The van der Waals surface area contributed by atoms with E-state index in [1.54, 1.807) is 25.3 Å². The largest absolute Gasteiger partial charge is 0.497 e.